The van der Waals surface area contributed by atoms with Crippen molar-refractivity contribution in [2.24, 2.45) is 5.84 Å². The second-order valence-electron chi connectivity index (χ2n) is 3.06. The van der Waals surface area contributed by atoms with Crippen molar-refractivity contribution < 1.29 is 14.3 Å². The molecule has 86 valence electrons. The number of hydrogen-bond acceptors (Lipinski definition) is 4. The Morgan fingerprint density at radius 2 is 2.00 bits per heavy atom. The van der Waals surface area contributed by atoms with Gasteiger partial charge < -0.3 is 4.74 Å². The van der Waals surface area contributed by atoms with Crippen molar-refractivity contribution in [2.45, 2.75) is 13.5 Å². The van der Waals surface area contributed by atoms with E-state index in [1.165, 1.54) is 6.92 Å². The molecule has 0 bridgehead atoms. The summed E-state index contributed by atoms with van der Waals surface area (Å²) in [5.41, 5.74) is 2.90. The highest BCUT2D eigenvalue weighted by Gasteiger charge is 2.08. The highest BCUT2D eigenvalue weighted by atomic mass is 16.6. The number of rotatable bonds is 2. The van der Waals surface area contributed by atoms with Gasteiger partial charge in [-0.15, -0.1) is 0 Å². The fourth-order valence-electron chi connectivity index (χ4n) is 0.932. The summed E-state index contributed by atoms with van der Waals surface area (Å²) < 4.78 is 4.82. The van der Waals surface area contributed by atoms with E-state index in [2.05, 4.69) is 0 Å². The molecular weight excluding hydrogens is 210 g/mol. The zero-order valence-corrected chi connectivity index (χ0v) is 8.84. The molecular formula is C10H13N3O3. The average molecular weight is 223 g/mol. The van der Waals surface area contributed by atoms with Gasteiger partial charge in [-0.3, -0.25) is 4.79 Å². The second-order valence-corrected chi connectivity index (χ2v) is 3.06. The molecule has 0 heterocycles. The Bertz CT molecular complexity index is 367. The van der Waals surface area contributed by atoms with Crippen LogP contribution < -0.4 is 11.3 Å². The van der Waals surface area contributed by atoms with Gasteiger partial charge in [-0.05, 0) is 5.56 Å². The number of hydrazine groups is 2. The molecule has 0 radical (unpaired) electrons. The zero-order chi connectivity index (χ0) is 12.0. The molecule has 0 aromatic heterocycles. The van der Waals surface area contributed by atoms with Gasteiger partial charge in [-0.2, -0.15) is 5.12 Å². The predicted molar refractivity (Wildman–Crippen MR) is 56.5 cm³/mol. The van der Waals surface area contributed by atoms with Crippen LogP contribution >= 0.6 is 0 Å². The second kappa shape index (κ2) is 5.72. The van der Waals surface area contributed by atoms with E-state index in [9.17, 15) is 9.59 Å². The van der Waals surface area contributed by atoms with Gasteiger partial charge in [-0.1, -0.05) is 30.3 Å². The molecule has 0 spiro atoms. The first-order valence-electron chi connectivity index (χ1n) is 4.62. The fourth-order valence-corrected chi connectivity index (χ4v) is 0.932. The summed E-state index contributed by atoms with van der Waals surface area (Å²) in [6.45, 7) is 1.34. The monoisotopic (exact) mass is 223 g/mol. The Morgan fingerprint density at radius 1 is 1.38 bits per heavy atom. The minimum Gasteiger partial charge on any atom is -0.443 e. The lowest BCUT2D eigenvalue weighted by Crippen LogP contribution is -2.49. The molecule has 16 heavy (non-hydrogen) atoms. The third-order valence-electron chi connectivity index (χ3n) is 1.76. The smallest absolute Gasteiger partial charge is 0.427 e. The Hall–Kier alpha value is -2.08. The van der Waals surface area contributed by atoms with Crippen LogP contribution in [0.25, 0.3) is 0 Å². The highest BCUT2D eigenvalue weighted by Crippen LogP contribution is 2.00. The predicted octanol–water partition coefficient (Wildman–Crippen LogP) is 0.550. The number of carbonyl (C=O) groups is 2. The first-order chi connectivity index (χ1) is 7.59. The maximum Gasteiger partial charge on any atom is 0.427 e. The van der Waals surface area contributed by atoms with Crippen LogP contribution in [0.5, 0.6) is 0 Å². The molecule has 0 saturated heterocycles. The molecule has 0 atom stereocenters. The average Bonchev–Trinajstić information content (AvgIpc) is 2.27. The topological polar surface area (TPSA) is 84.7 Å². The van der Waals surface area contributed by atoms with Gasteiger partial charge in [0.1, 0.15) is 6.61 Å². The van der Waals surface area contributed by atoms with Crippen molar-refractivity contribution in [3.05, 3.63) is 35.9 Å². The van der Waals surface area contributed by atoms with Crippen LogP contribution in [0.2, 0.25) is 0 Å². The van der Waals surface area contributed by atoms with Crippen molar-refractivity contribution in [1.29, 1.82) is 0 Å². The van der Waals surface area contributed by atoms with Crippen LogP contribution in [0.4, 0.5) is 4.79 Å². The van der Waals surface area contributed by atoms with Crippen molar-refractivity contribution in [3.8, 4) is 0 Å². The molecule has 0 aliphatic carbocycles. The van der Waals surface area contributed by atoms with E-state index in [-0.39, 0.29) is 6.61 Å². The number of nitrogens with one attached hydrogen (secondary N) is 1. The molecule has 3 N–H and O–H groups in total. The summed E-state index contributed by atoms with van der Waals surface area (Å²) in [5.74, 6) is 4.67. The SMILES string of the molecule is CC(=O)N(N)NC(=O)OCc1ccccc1. The Labute approximate surface area is 92.9 Å². The molecule has 0 fully saturated rings. The van der Waals surface area contributed by atoms with Gasteiger partial charge in [0, 0.05) is 6.92 Å². The standard InChI is InChI=1S/C10H13N3O3/c1-8(14)13(11)12-10(15)16-7-9-5-3-2-4-6-9/h2-6H,7,11H2,1H3,(H,12,15). The number of amides is 2. The number of carbonyl (C=O) groups excluding carboxylic acids is 2. The quantitative estimate of drug-likeness (QED) is 0.435. The summed E-state index contributed by atoms with van der Waals surface area (Å²) in [5, 5.41) is 0.563. The van der Waals surface area contributed by atoms with Gasteiger partial charge >= 0.3 is 6.09 Å². The number of ether oxygens (including phenoxy) is 1. The zero-order valence-electron chi connectivity index (χ0n) is 8.84. The molecule has 1 aromatic carbocycles. The molecule has 1 rings (SSSR count). The lowest BCUT2D eigenvalue weighted by Gasteiger charge is -2.14. The highest BCUT2D eigenvalue weighted by molar-refractivity contribution is 5.76. The number of benzene rings is 1. The van der Waals surface area contributed by atoms with Crippen LogP contribution in [-0.4, -0.2) is 17.1 Å². The first-order valence-corrected chi connectivity index (χ1v) is 4.62. The van der Waals surface area contributed by atoms with Crippen LogP contribution in [0.3, 0.4) is 0 Å². The van der Waals surface area contributed by atoms with E-state index < -0.39 is 12.0 Å². The van der Waals surface area contributed by atoms with Gasteiger partial charge in [0.2, 0.25) is 0 Å². The maximum absolute atomic E-state index is 11.1. The van der Waals surface area contributed by atoms with Crippen LogP contribution in [0.1, 0.15) is 12.5 Å². The molecule has 0 unspecified atom stereocenters. The number of nitrogens with zero attached hydrogens (tertiary/aromatic N) is 1. The Kier molecular flexibility index (Phi) is 4.28. The van der Waals surface area contributed by atoms with E-state index in [1.54, 1.807) is 0 Å². The molecule has 0 aliphatic heterocycles. The molecule has 0 aliphatic rings. The molecule has 6 nitrogen and oxygen atoms in total. The minimum absolute atomic E-state index is 0.123. The van der Waals surface area contributed by atoms with Gasteiger partial charge in [-0.25, -0.2) is 16.1 Å². The first kappa shape index (κ1) is 12.0. The summed E-state index contributed by atoms with van der Waals surface area (Å²) in [6.07, 6.45) is -0.776. The van der Waals surface area contributed by atoms with Crippen LogP contribution in [0.15, 0.2) is 30.3 Å². The van der Waals surface area contributed by atoms with Crippen molar-refractivity contribution >= 4 is 12.0 Å². The maximum atomic E-state index is 11.1. The van der Waals surface area contributed by atoms with Gasteiger partial charge in [0.15, 0.2) is 0 Å². The van der Waals surface area contributed by atoms with E-state index in [0.717, 1.165) is 5.56 Å². The molecule has 2 amide bonds. The summed E-state index contributed by atoms with van der Waals surface area (Å²) in [7, 11) is 0. The number of hydrogen-bond donors (Lipinski definition) is 2. The Balaban J connectivity index is 2.33. The van der Waals surface area contributed by atoms with E-state index in [1.807, 2.05) is 35.8 Å². The van der Waals surface area contributed by atoms with Gasteiger partial charge in [0.05, 0.1) is 0 Å². The van der Waals surface area contributed by atoms with Crippen molar-refractivity contribution in [1.82, 2.24) is 10.5 Å². The molecule has 1 aromatic rings. The van der Waals surface area contributed by atoms with Crippen LogP contribution in [0, 0.1) is 0 Å². The van der Waals surface area contributed by atoms with E-state index in [0.29, 0.717) is 5.12 Å². The molecule has 6 heteroatoms. The van der Waals surface area contributed by atoms with Crippen molar-refractivity contribution in [2.75, 3.05) is 0 Å². The van der Waals surface area contributed by atoms with E-state index in [4.69, 9.17) is 10.6 Å². The fraction of sp³-hybridized carbons (Fsp3) is 0.200. The number of nitrogens with two attached hydrogens (primary N) is 1. The van der Waals surface area contributed by atoms with Gasteiger partial charge in [0.25, 0.3) is 5.91 Å². The largest absolute Gasteiger partial charge is 0.443 e. The Morgan fingerprint density at radius 3 is 2.56 bits per heavy atom. The third-order valence-corrected chi connectivity index (χ3v) is 1.76. The summed E-state index contributed by atoms with van der Waals surface area (Å²) in [4.78, 5) is 21.8. The van der Waals surface area contributed by atoms with E-state index >= 15 is 0 Å². The normalized spacial score (nSPS) is 9.38. The third kappa shape index (κ3) is 3.97. The van der Waals surface area contributed by atoms with Crippen LogP contribution in [-0.2, 0) is 16.1 Å². The minimum atomic E-state index is -0.776. The summed E-state index contributed by atoms with van der Waals surface area (Å²) >= 11 is 0. The summed E-state index contributed by atoms with van der Waals surface area (Å²) in [6, 6.07) is 9.17. The molecule has 0 saturated carbocycles. The lowest BCUT2D eigenvalue weighted by atomic mass is 10.2. The van der Waals surface area contributed by atoms with Crippen molar-refractivity contribution in [3.63, 3.8) is 0 Å². The lowest BCUT2D eigenvalue weighted by molar-refractivity contribution is -0.131.